The van der Waals surface area contributed by atoms with Gasteiger partial charge in [-0.1, -0.05) is 42.2 Å². The Balaban J connectivity index is 1.85. The number of amides is 1. The first-order valence-corrected chi connectivity index (χ1v) is 10.7. The first-order valence-electron chi connectivity index (χ1n) is 9.47. The first-order chi connectivity index (χ1) is 14.9. The second-order valence-corrected chi connectivity index (χ2v) is 8.00. The van der Waals surface area contributed by atoms with Crippen molar-refractivity contribution in [2.45, 2.75) is 13.3 Å². The van der Waals surface area contributed by atoms with Crippen LogP contribution < -0.4 is 19.1 Å². The van der Waals surface area contributed by atoms with Gasteiger partial charge < -0.3 is 19.3 Å². The van der Waals surface area contributed by atoms with Gasteiger partial charge in [0.15, 0.2) is 15.8 Å². The summed E-state index contributed by atoms with van der Waals surface area (Å²) in [5.74, 6) is 0.302. The summed E-state index contributed by atoms with van der Waals surface area (Å²) in [4.78, 5) is 25.7. The molecule has 0 aliphatic carbocycles. The lowest BCUT2D eigenvalue weighted by molar-refractivity contribution is -0.137. The number of para-hydroxylation sites is 2. The molecule has 162 valence electrons. The molecule has 3 rings (SSSR count). The summed E-state index contributed by atoms with van der Waals surface area (Å²) in [5, 5.41) is 8.78. The van der Waals surface area contributed by atoms with Gasteiger partial charge in [-0.2, -0.15) is 0 Å². The normalized spacial score (nSPS) is 14.8. The van der Waals surface area contributed by atoms with Crippen LogP contribution in [0.5, 0.6) is 17.2 Å². The summed E-state index contributed by atoms with van der Waals surface area (Å²) in [5.41, 5.74) is 1.32. The molecule has 1 saturated heterocycles. The zero-order valence-electron chi connectivity index (χ0n) is 17.0. The molecule has 2 aromatic carbocycles. The minimum absolute atomic E-state index is 0.0340. The van der Waals surface area contributed by atoms with Crippen LogP contribution in [0.1, 0.15) is 18.9 Å². The van der Waals surface area contributed by atoms with Crippen molar-refractivity contribution >= 4 is 51.9 Å². The van der Waals surface area contributed by atoms with Crippen LogP contribution >= 0.6 is 24.0 Å². The fourth-order valence-corrected chi connectivity index (χ4v) is 4.18. The number of nitrogens with zero attached hydrogens (tertiary/aromatic N) is 1. The third-order valence-corrected chi connectivity index (χ3v) is 5.56. The largest absolute Gasteiger partial charge is 0.495 e. The maximum Gasteiger partial charge on any atom is 0.306 e. The summed E-state index contributed by atoms with van der Waals surface area (Å²) in [6, 6.07) is 12.4. The molecule has 0 bridgehead atoms. The zero-order chi connectivity index (χ0) is 22.4. The van der Waals surface area contributed by atoms with Crippen molar-refractivity contribution in [2.24, 2.45) is 0 Å². The van der Waals surface area contributed by atoms with Gasteiger partial charge in [0.25, 0.3) is 5.91 Å². The van der Waals surface area contributed by atoms with Crippen LogP contribution in [-0.4, -0.2) is 41.6 Å². The molecule has 1 aliphatic heterocycles. The van der Waals surface area contributed by atoms with E-state index in [1.54, 1.807) is 43.5 Å². The highest BCUT2D eigenvalue weighted by atomic mass is 32.2. The lowest BCUT2D eigenvalue weighted by Crippen LogP contribution is -2.27. The van der Waals surface area contributed by atoms with E-state index in [0.717, 1.165) is 5.56 Å². The van der Waals surface area contributed by atoms with E-state index in [4.69, 9.17) is 31.5 Å². The van der Waals surface area contributed by atoms with Crippen LogP contribution in [0, 0.1) is 0 Å². The number of carbonyl (C=O) groups excluding carboxylic acids is 1. The van der Waals surface area contributed by atoms with Crippen molar-refractivity contribution in [1.82, 2.24) is 0 Å². The molecule has 31 heavy (non-hydrogen) atoms. The molecule has 0 atom stereocenters. The molecular formula is C22H21NO6S2. The average Bonchev–Trinajstić information content (AvgIpc) is 3.02. The SMILES string of the molecule is CCOc1cc(/C=C2/SC(=S)N(c3ccccc3OC)C2=O)ccc1OCCC(=O)O. The van der Waals surface area contributed by atoms with Gasteiger partial charge in [-0.15, -0.1) is 0 Å². The van der Waals surface area contributed by atoms with Crippen molar-refractivity contribution in [1.29, 1.82) is 0 Å². The fraction of sp³-hybridized carbons (Fsp3) is 0.227. The van der Waals surface area contributed by atoms with Crippen LogP contribution in [0.4, 0.5) is 5.69 Å². The monoisotopic (exact) mass is 459 g/mol. The van der Waals surface area contributed by atoms with Gasteiger partial charge in [0.1, 0.15) is 5.75 Å². The van der Waals surface area contributed by atoms with Crippen molar-refractivity contribution in [3.05, 3.63) is 52.9 Å². The number of thioether (sulfide) groups is 1. The van der Waals surface area contributed by atoms with Gasteiger partial charge >= 0.3 is 5.97 Å². The second-order valence-electron chi connectivity index (χ2n) is 6.32. The van der Waals surface area contributed by atoms with E-state index in [1.165, 1.54) is 16.7 Å². The molecule has 2 aromatic rings. The Hall–Kier alpha value is -3.04. The number of benzene rings is 2. The zero-order valence-corrected chi connectivity index (χ0v) is 18.6. The minimum Gasteiger partial charge on any atom is -0.495 e. The Bertz CT molecular complexity index is 1040. The molecule has 0 aromatic heterocycles. The van der Waals surface area contributed by atoms with Crippen molar-refractivity contribution in [3.8, 4) is 17.2 Å². The Morgan fingerprint density at radius 2 is 1.94 bits per heavy atom. The number of methoxy groups -OCH3 is 1. The molecule has 0 saturated carbocycles. The van der Waals surface area contributed by atoms with E-state index in [1.807, 2.05) is 19.1 Å². The number of aliphatic carboxylic acids is 1. The predicted octanol–water partition coefficient (Wildman–Crippen LogP) is 4.35. The highest BCUT2D eigenvalue weighted by Crippen LogP contribution is 2.40. The predicted molar refractivity (Wildman–Crippen MR) is 124 cm³/mol. The van der Waals surface area contributed by atoms with Crippen LogP contribution in [0.3, 0.4) is 0 Å². The molecule has 1 fully saturated rings. The highest BCUT2D eigenvalue weighted by Gasteiger charge is 2.34. The fourth-order valence-electron chi connectivity index (χ4n) is 2.89. The summed E-state index contributed by atoms with van der Waals surface area (Å²) < 4.78 is 16.9. The van der Waals surface area contributed by atoms with Gasteiger partial charge in [-0.25, -0.2) is 0 Å². The lowest BCUT2D eigenvalue weighted by atomic mass is 10.1. The summed E-state index contributed by atoms with van der Waals surface area (Å²) in [6.45, 7) is 2.28. The number of rotatable bonds is 9. The quantitative estimate of drug-likeness (QED) is 0.438. The summed E-state index contributed by atoms with van der Waals surface area (Å²) >= 11 is 6.64. The standard InChI is InChI=1S/C22H21NO6S2/c1-3-28-18-12-14(8-9-17(18)29-11-10-20(24)25)13-19-21(26)23(22(30)31-19)15-6-4-5-7-16(15)27-2/h4-9,12-13H,3,10-11H2,1-2H3,(H,24,25)/b19-13+. The smallest absolute Gasteiger partial charge is 0.306 e. The third kappa shape index (κ3) is 5.36. The van der Waals surface area contributed by atoms with Crippen LogP contribution in [0.25, 0.3) is 6.08 Å². The average molecular weight is 460 g/mol. The van der Waals surface area contributed by atoms with Gasteiger partial charge in [0.05, 0.1) is 37.3 Å². The summed E-state index contributed by atoms with van der Waals surface area (Å²) in [6.07, 6.45) is 1.62. The van der Waals surface area contributed by atoms with Crippen molar-refractivity contribution in [3.63, 3.8) is 0 Å². The molecule has 1 N–H and O–H groups in total. The summed E-state index contributed by atoms with van der Waals surface area (Å²) in [7, 11) is 1.54. The van der Waals surface area contributed by atoms with E-state index in [-0.39, 0.29) is 18.9 Å². The molecule has 0 radical (unpaired) electrons. The number of anilines is 1. The van der Waals surface area contributed by atoms with E-state index in [9.17, 15) is 9.59 Å². The van der Waals surface area contributed by atoms with Crippen LogP contribution in [-0.2, 0) is 9.59 Å². The molecule has 1 aliphatic rings. The number of hydrogen-bond donors (Lipinski definition) is 1. The van der Waals surface area contributed by atoms with Gasteiger partial charge in [0, 0.05) is 0 Å². The van der Waals surface area contributed by atoms with Crippen LogP contribution in [0.15, 0.2) is 47.4 Å². The van der Waals surface area contributed by atoms with Crippen molar-refractivity contribution in [2.75, 3.05) is 25.2 Å². The van der Waals surface area contributed by atoms with Gasteiger partial charge in [-0.05, 0) is 42.8 Å². The topological polar surface area (TPSA) is 85.3 Å². The Morgan fingerprint density at radius 1 is 1.16 bits per heavy atom. The maximum absolute atomic E-state index is 13.1. The molecule has 0 unspecified atom stereocenters. The second kappa shape index (κ2) is 10.3. The Morgan fingerprint density at radius 3 is 2.65 bits per heavy atom. The molecule has 7 nitrogen and oxygen atoms in total. The maximum atomic E-state index is 13.1. The molecule has 1 heterocycles. The van der Waals surface area contributed by atoms with Crippen molar-refractivity contribution < 1.29 is 28.9 Å². The molecule has 0 spiro atoms. The molecule has 1 amide bonds. The van der Waals surface area contributed by atoms with E-state index >= 15 is 0 Å². The van der Waals surface area contributed by atoms with E-state index < -0.39 is 5.97 Å². The van der Waals surface area contributed by atoms with Gasteiger partial charge in [-0.3, -0.25) is 14.5 Å². The molecular weight excluding hydrogens is 438 g/mol. The number of carboxylic acid groups (broad SMARTS) is 1. The number of carboxylic acids is 1. The van der Waals surface area contributed by atoms with Crippen LogP contribution in [0.2, 0.25) is 0 Å². The third-order valence-electron chi connectivity index (χ3n) is 4.26. The number of hydrogen-bond acceptors (Lipinski definition) is 7. The number of carbonyl (C=O) groups is 2. The van der Waals surface area contributed by atoms with Gasteiger partial charge in [0.2, 0.25) is 0 Å². The number of thiocarbonyl (C=S) groups is 1. The van der Waals surface area contributed by atoms with E-state index in [2.05, 4.69) is 0 Å². The highest BCUT2D eigenvalue weighted by molar-refractivity contribution is 8.27. The lowest BCUT2D eigenvalue weighted by Gasteiger charge is -2.17. The Kier molecular flexibility index (Phi) is 7.54. The first kappa shape index (κ1) is 22.6. The minimum atomic E-state index is -0.938. The Labute approximate surface area is 189 Å². The molecule has 9 heteroatoms. The van der Waals surface area contributed by atoms with E-state index in [0.29, 0.717) is 38.8 Å². The number of ether oxygens (including phenoxy) is 3.